The lowest BCUT2D eigenvalue weighted by Gasteiger charge is -2.14. The monoisotopic (exact) mass is 446 g/mol. The predicted octanol–water partition coefficient (Wildman–Crippen LogP) is 3.47. The van der Waals surface area contributed by atoms with E-state index in [1.165, 1.54) is 0 Å². The van der Waals surface area contributed by atoms with Gasteiger partial charge in [-0.15, -0.1) is 0 Å². The van der Waals surface area contributed by atoms with Crippen LogP contribution in [0.5, 0.6) is 0 Å². The molecule has 13 heteroatoms. The highest BCUT2D eigenvalue weighted by molar-refractivity contribution is 7.86. The molecule has 2 aromatic carbocycles. The Labute approximate surface area is 158 Å². The van der Waals surface area contributed by atoms with Crippen molar-refractivity contribution in [2.75, 3.05) is 11.1 Å². The number of benzene rings is 2. The van der Waals surface area contributed by atoms with E-state index < -0.39 is 30.0 Å². The number of nitrogens with one attached hydrogen (secondary N) is 1. The maximum Gasteiger partial charge on any atom is 0.296 e. The topological polar surface area (TPSA) is 147 Å². The normalized spacial score (nSPS) is 12.2. The lowest BCUT2D eigenvalue weighted by atomic mass is 10.2. The Morgan fingerprint density at radius 1 is 0.760 bits per heavy atom. The van der Waals surface area contributed by atoms with Crippen molar-refractivity contribution in [1.82, 2.24) is 0 Å². The first-order valence-corrected chi connectivity index (χ1v) is 10.1. The third-order valence-corrected chi connectivity index (χ3v) is 5.78. The number of nitrogens with two attached hydrogens (primary N) is 1. The number of hydrogen-bond donors (Lipinski definition) is 4. The first-order valence-electron chi connectivity index (χ1n) is 6.11. The smallest absolute Gasteiger partial charge is 0.296 e. The van der Waals surface area contributed by atoms with Crippen LogP contribution < -0.4 is 11.1 Å². The molecule has 0 aliphatic carbocycles. The standard InChI is InChI=1S/C12H9Cl3N2O6S2/c13-5-2-10(12(3-6(5)14)25(21,22)23)17-9-4-11(24(18,19)20)8(16)1-7(9)15/h1-4,17H,16H2,(H,18,19,20)(H,21,22,23). The zero-order valence-electron chi connectivity index (χ0n) is 11.9. The fourth-order valence-electron chi connectivity index (χ4n) is 1.87. The first-order chi connectivity index (χ1) is 11.3. The molecule has 136 valence electrons. The predicted molar refractivity (Wildman–Crippen MR) is 95.2 cm³/mol. The Balaban J connectivity index is 2.67. The molecule has 0 bridgehead atoms. The zero-order valence-corrected chi connectivity index (χ0v) is 15.8. The van der Waals surface area contributed by atoms with E-state index in [9.17, 15) is 21.4 Å². The second-order valence-electron chi connectivity index (χ2n) is 4.71. The van der Waals surface area contributed by atoms with Gasteiger partial charge in [-0.25, -0.2) is 0 Å². The summed E-state index contributed by atoms with van der Waals surface area (Å²) in [6.07, 6.45) is 0. The minimum Gasteiger partial charge on any atom is -0.398 e. The maximum absolute atomic E-state index is 11.5. The molecule has 0 saturated heterocycles. The number of halogens is 3. The average Bonchev–Trinajstić information content (AvgIpc) is 2.42. The fraction of sp³-hybridized carbons (Fsp3) is 0. The van der Waals surface area contributed by atoms with E-state index in [1.54, 1.807) is 0 Å². The molecule has 0 amide bonds. The zero-order chi connectivity index (χ0) is 19.2. The third kappa shape index (κ3) is 4.47. The molecule has 0 fully saturated rings. The Bertz CT molecular complexity index is 1070. The molecule has 0 atom stereocenters. The Kier molecular flexibility index (Phi) is 5.45. The van der Waals surface area contributed by atoms with Crippen molar-refractivity contribution in [3.63, 3.8) is 0 Å². The Hall–Kier alpha value is -1.27. The van der Waals surface area contributed by atoms with Gasteiger partial charge < -0.3 is 11.1 Å². The Morgan fingerprint density at radius 2 is 1.28 bits per heavy atom. The van der Waals surface area contributed by atoms with Crippen molar-refractivity contribution in [2.24, 2.45) is 0 Å². The number of anilines is 3. The van der Waals surface area contributed by atoms with Gasteiger partial charge in [0.25, 0.3) is 20.2 Å². The van der Waals surface area contributed by atoms with Crippen LogP contribution in [0.3, 0.4) is 0 Å². The summed E-state index contributed by atoms with van der Waals surface area (Å²) in [6.45, 7) is 0. The molecule has 0 aliphatic rings. The van der Waals surface area contributed by atoms with Gasteiger partial charge in [-0.2, -0.15) is 16.8 Å². The maximum atomic E-state index is 11.5. The Morgan fingerprint density at radius 3 is 1.80 bits per heavy atom. The van der Waals surface area contributed by atoms with E-state index in [4.69, 9.17) is 45.1 Å². The second-order valence-corrected chi connectivity index (χ2v) is 8.71. The van der Waals surface area contributed by atoms with Crippen molar-refractivity contribution in [3.05, 3.63) is 39.3 Å². The molecule has 0 saturated carbocycles. The highest BCUT2D eigenvalue weighted by Crippen LogP contribution is 2.37. The van der Waals surface area contributed by atoms with Crippen molar-refractivity contribution >= 4 is 72.1 Å². The van der Waals surface area contributed by atoms with Crippen LogP contribution in [0.25, 0.3) is 0 Å². The quantitative estimate of drug-likeness (QED) is 0.411. The molecule has 0 aromatic heterocycles. The minimum atomic E-state index is -4.69. The second kappa shape index (κ2) is 6.80. The SMILES string of the molecule is Nc1cc(Cl)c(Nc2cc(Cl)c(Cl)cc2S(=O)(=O)O)cc1S(=O)(=O)O. The molecule has 2 aromatic rings. The average molecular weight is 448 g/mol. The molecule has 25 heavy (non-hydrogen) atoms. The number of hydrogen-bond acceptors (Lipinski definition) is 6. The van der Waals surface area contributed by atoms with Crippen LogP contribution in [0.4, 0.5) is 17.1 Å². The number of nitrogen functional groups attached to an aromatic ring is 1. The van der Waals surface area contributed by atoms with E-state index in [0.29, 0.717) is 0 Å². The molecule has 0 spiro atoms. The lowest BCUT2D eigenvalue weighted by Crippen LogP contribution is -2.07. The van der Waals surface area contributed by atoms with Gasteiger partial charge in [0.15, 0.2) is 0 Å². The van der Waals surface area contributed by atoms with Gasteiger partial charge in [-0.1, -0.05) is 34.8 Å². The van der Waals surface area contributed by atoms with Crippen LogP contribution in [0, 0.1) is 0 Å². The number of rotatable bonds is 4. The van der Waals surface area contributed by atoms with Gasteiger partial charge in [-0.05, 0) is 24.3 Å². The van der Waals surface area contributed by atoms with Gasteiger partial charge in [0, 0.05) is 0 Å². The van der Waals surface area contributed by atoms with Gasteiger partial charge in [0.05, 0.1) is 32.1 Å². The first kappa shape index (κ1) is 20.0. The highest BCUT2D eigenvalue weighted by Gasteiger charge is 2.21. The summed E-state index contributed by atoms with van der Waals surface area (Å²) in [6, 6.07) is 3.92. The molecule has 0 unspecified atom stereocenters. The van der Waals surface area contributed by atoms with Crippen molar-refractivity contribution in [2.45, 2.75) is 9.79 Å². The van der Waals surface area contributed by atoms with E-state index in [2.05, 4.69) is 5.32 Å². The van der Waals surface area contributed by atoms with Gasteiger partial charge in [0.2, 0.25) is 0 Å². The fourth-order valence-corrected chi connectivity index (χ4v) is 3.76. The molecule has 0 heterocycles. The largest absolute Gasteiger partial charge is 0.398 e. The molecule has 0 aliphatic heterocycles. The van der Waals surface area contributed by atoms with Crippen molar-refractivity contribution < 1.29 is 25.9 Å². The summed E-state index contributed by atoms with van der Waals surface area (Å²) in [5.41, 5.74) is 4.82. The van der Waals surface area contributed by atoms with E-state index in [0.717, 1.165) is 24.3 Å². The lowest BCUT2D eigenvalue weighted by molar-refractivity contribution is 0.481. The van der Waals surface area contributed by atoms with E-state index >= 15 is 0 Å². The van der Waals surface area contributed by atoms with Crippen molar-refractivity contribution in [3.8, 4) is 0 Å². The van der Waals surface area contributed by atoms with Crippen LogP contribution in [0.15, 0.2) is 34.1 Å². The molecule has 2 rings (SSSR count). The van der Waals surface area contributed by atoms with Crippen LogP contribution in [0.2, 0.25) is 15.1 Å². The van der Waals surface area contributed by atoms with Gasteiger partial charge in [0.1, 0.15) is 9.79 Å². The van der Waals surface area contributed by atoms with Crippen LogP contribution >= 0.6 is 34.8 Å². The van der Waals surface area contributed by atoms with E-state index in [-0.39, 0.29) is 32.1 Å². The molecular formula is C12H9Cl3N2O6S2. The molecular weight excluding hydrogens is 439 g/mol. The van der Waals surface area contributed by atoms with Crippen LogP contribution in [0.1, 0.15) is 0 Å². The van der Waals surface area contributed by atoms with Crippen LogP contribution in [-0.4, -0.2) is 25.9 Å². The van der Waals surface area contributed by atoms with E-state index in [1.807, 2.05) is 0 Å². The summed E-state index contributed by atoms with van der Waals surface area (Å²) in [4.78, 5) is -1.27. The summed E-state index contributed by atoms with van der Waals surface area (Å²) in [7, 11) is -9.35. The minimum absolute atomic E-state index is 0.0434. The molecule has 8 nitrogen and oxygen atoms in total. The highest BCUT2D eigenvalue weighted by atomic mass is 35.5. The summed E-state index contributed by atoms with van der Waals surface area (Å²) >= 11 is 17.5. The molecule has 0 radical (unpaired) electrons. The van der Waals surface area contributed by atoms with Crippen molar-refractivity contribution in [1.29, 1.82) is 0 Å². The third-order valence-electron chi connectivity index (χ3n) is 2.95. The van der Waals surface area contributed by atoms with Gasteiger partial charge >= 0.3 is 0 Å². The summed E-state index contributed by atoms with van der Waals surface area (Å²) in [5, 5.41) is 2.24. The molecule has 5 N–H and O–H groups in total. The summed E-state index contributed by atoms with van der Waals surface area (Å²) in [5.74, 6) is 0. The summed E-state index contributed by atoms with van der Waals surface area (Å²) < 4.78 is 64.1. The van der Waals surface area contributed by atoms with Gasteiger partial charge in [-0.3, -0.25) is 9.11 Å². The van der Waals surface area contributed by atoms with Crippen LogP contribution in [-0.2, 0) is 20.2 Å².